The lowest BCUT2D eigenvalue weighted by Gasteiger charge is -2.33. The molecule has 1 saturated heterocycles. The zero-order chi connectivity index (χ0) is 23.3. The number of carbonyl (C=O) groups excluding carboxylic acids is 1. The molecular weight excluding hydrogens is 438 g/mol. The Morgan fingerprint density at radius 1 is 1.03 bits per heavy atom. The van der Waals surface area contributed by atoms with Gasteiger partial charge in [0.1, 0.15) is 5.56 Å². The van der Waals surface area contributed by atoms with Gasteiger partial charge in [0.15, 0.2) is 11.5 Å². The van der Waals surface area contributed by atoms with Gasteiger partial charge < -0.3 is 14.4 Å². The van der Waals surface area contributed by atoms with Gasteiger partial charge in [-0.25, -0.2) is 8.42 Å². The fourth-order valence-electron chi connectivity index (χ4n) is 3.32. The molecule has 10 nitrogen and oxygen atoms in total. The molecule has 0 N–H and O–H groups in total. The molecule has 3 rings (SSSR count). The molecule has 0 atom stereocenters. The van der Waals surface area contributed by atoms with Crippen molar-refractivity contribution in [3.8, 4) is 11.5 Å². The van der Waals surface area contributed by atoms with Crippen LogP contribution in [0.2, 0.25) is 0 Å². The number of amides is 1. The molecule has 0 aromatic heterocycles. The van der Waals surface area contributed by atoms with Crippen LogP contribution in [0.15, 0.2) is 47.9 Å². The molecule has 0 bridgehead atoms. The Kier molecular flexibility index (Phi) is 7.11. The Morgan fingerprint density at radius 2 is 1.62 bits per heavy atom. The van der Waals surface area contributed by atoms with E-state index in [0.29, 0.717) is 0 Å². The summed E-state index contributed by atoms with van der Waals surface area (Å²) in [4.78, 5) is 25.2. The van der Waals surface area contributed by atoms with Crippen LogP contribution < -0.4 is 9.47 Å². The van der Waals surface area contributed by atoms with E-state index < -0.39 is 26.5 Å². The van der Waals surface area contributed by atoms with Crippen LogP contribution in [-0.2, 0) is 10.0 Å². The number of hydrogen-bond acceptors (Lipinski definition) is 7. The van der Waals surface area contributed by atoms with E-state index in [2.05, 4.69) is 0 Å². The lowest BCUT2D eigenvalue weighted by Crippen LogP contribution is -2.50. The van der Waals surface area contributed by atoms with Crippen LogP contribution in [-0.4, -0.2) is 68.9 Å². The lowest BCUT2D eigenvalue weighted by atomic mass is 10.1. The number of sulfonamides is 1. The number of piperazine rings is 1. The number of carbonyl (C=O) groups is 1. The third-order valence-electron chi connectivity index (χ3n) is 5.05. The summed E-state index contributed by atoms with van der Waals surface area (Å²) in [5, 5.41) is 12.6. The Morgan fingerprint density at radius 3 is 2.19 bits per heavy atom. The molecule has 11 heteroatoms. The van der Waals surface area contributed by atoms with Gasteiger partial charge in [-0.3, -0.25) is 14.9 Å². The second kappa shape index (κ2) is 9.79. The third kappa shape index (κ3) is 5.06. The number of hydrogen-bond donors (Lipinski definition) is 0. The average Bonchev–Trinajstić information content (AvgIpc) is 2.82. The zero-order valence-electron chi connectivity index (χ0n) is 17.6. The van der Waals surface area contributed by atoms with E-state index in [9.17, 15) is 23.3 Å². The highest BCUT2D eigenvalue weighted by Gasteiger charge is 2.32. The van der Waals surface area contributed by atoms with Crippen molar-refractivity contribution in [2.45, 2.75) is 0 Å². The maximum Gasteiger partial charge on any atom is 0.286 e. The summed E-state index contributed by atoms with van der Waals surface area (Å²) >= 11 is 0. The third-order valence-corrected chi connectivity index (χ3v) is 6.61. The van der Waals surface area contributed by atoms with E-state index in [4.69, 9.17) is 9.47 Å². The van der Waals surface area contributed by atoms with E-state index in [0.717, 1.165) is 17.0 Å². The summed E-state index contributed by atoms with van der Waals surface area (Å²) in [5.41, 5.74) is 0.201. The lowest BCUT2D eigenvalue weighted by molar-refractivity contribution is -0.385. The number of ether oxygens (including phenoxy) is 2. The van der Waals surface area contributed by atoms with Crippen molar-refractivity contribution >= 4 is 27.7 Å². The number of nitro groups is 1. The normalized spacial score (nSPS) is 15.0. The van der Waals surface area contributed by atoms with Crippen LogP contribution in [0, 0.1) is 10.1 Å². The minimum absolute atomic E-state index is 0.0777. The van der Waals surface area contributed by atoms with Gasteiger partial charge in [-0.2, -0.15) is 4.31 Å². The second-order valence-electron chi connectivity index (χ2n) is 6.93. The van der Waals surface area contributed by atoms with Crippen molar-refractivity contribution < 1.29 is 27.6 Å². The van der Waals surface area contributed by atoms with Gasteiger partial charge in [0, 0.05) is 37.7 Å². The van der Waals surface area contributed by atoms with E-state index >= 15 is 0 Å². The van der Waals surface area contributed by atoms with E-state index in [-0.39, 0.29) is 43.2 Å². The van der Waals surface area contributed by atoms with Crippen LogP contribution in [0.5, 0.6) is 11.5 Å². The molecule has 0 radical (unpaired) electrons. The van der Waals surface area contributed by atoms with Crippen molar-refractivity contribution in [1.82, 2.24) is 9.21 Å². The minimum Gasteiger partial charge on any atom is -0.493 e. The Labute approximate surface area is 185 Å². The predicted molar refractivity (Wildman–Crippen MR) is 118 cm³/mol. The first kappa shape index (κ1) is 23.2. The van der Waals surface area contributed by atoms with Crippen LogP contribution >= 0.6 is 0 Å². The van der Waals surface area contributed by atoms with Gasteiger partial charge in [0.2, 0.25) is 10.0 Å². The Hall–Kier alpha value is -3.44. The first-order valence-corrected chi connectivity index (χ1v) is 11.2. The highest BCUT2D eigenvalue weighted by molar-refractivity contribution is 7.92. The number of methoxy groups -OCH3 is 2. The van der Waals surface area contributed by atoms with Gasteiger partial charge in [-0.1, -0.05) is 30.3 Å². The van der Waals surface area contributed by atoms with Crippen molar-refractivity contribution in [2.75, 3.05) is 40.4 Å². The first-order chi connectivity index (χ1) is 15.3. The maximum absolute atomic E-state index is 13.0. The fourth-order valence-corrected chi connectivity index (χ4v) is 4.49. The van der Waals surface area contributed by atoms with E-state index in [1.54, 1.807) is 12.1 Å². The highest BCUT2D eigenvalue weighted by atomic mass is 32.2. The second-order valence-corrected chi connectivity index (χ2v) is 8.75. The number of benzene rings is 2. The topological polar surface area (TPSA) is 119 Å². The quantitative estimate of drug-likeness (QED) is 0.459. The Bertz CT molecular complexity index is 1130. The van der Waals surface area contributed by atoms with Gasteiger partial charge >= 0.3 is 0 Å². The molecule has 170 valence electrons. The molecule has 1 amide bonds. The molecule has 2 aromatic rings. The zero-order valence-corrected chi connectivity index (χ0v) is 18.4. The summed E-state index contributed by atoms with van der Waals surface area (Å²) < 4.78 is 36.8. The molecule has 32 heavy (non-hydrogen) atoms. The van der Waals surface area contributed by atoms with Crippen LogP contribution in [0.4, 0.5) is 5.69 Å². The molecule has 0 saturated carbocycles. The number of nitrogens with zero attached hydrogens (tertiary/aromatic N) is 3. The molecule has 1 aliphatic rings. The molecule has 1 aliphatic heterocycles. The monoisotopic (exact) mass is 461 g/mol. The summed E-state index contributed by atoms with van der Waals surface area (Å²) in [6, 6.07) is 11.4. The van der Waals surface area contributed by atoms with Gasteiger partial charge in [-0.05, 0) is 11.6 Å². The molecule has 2 aromatic carbocycles. The number of nitro benzene ring substituents is 1. The summed E-state index contributed by atoms with van der Waals surface area (Å²) in [6.07, 6.45) is 1.51. The highest BCUT2D eigenvalue weighted by Crippen LogP contribution is 2.35. The summed E-state index contributed by atoms with van der Waals surface area (Å²) in [7, 11) is -0.959. The van der Waals surface area contributed by atoms with E-state index in [1.165, 1.54) is 35.6 Å². The minimum atomic E-state index is -3.67. The standard InChI is InChI=1S/C21H23N3O7S/c1-30-19-14-17(18(24(26)27)15-20(19)31-2)21(25)22-9-11-23(12-10-22)32(28,29)13-8-16-6-4-3-5-7-16/h3-8,13-15H,9-12H2,1-2H3/b13-8+. The fraction of sp³-hybridized carbons (Fsp3) is 0.286. The maximum atomic E-state index is 13.0. The predicted octanol–water partition coefficient (Wildman–Crippen LogP) is 2.37. The van der Waals surface area contributed by atoms with E-state index in [1.807, 2.05) is 18.2 Å². The first-order valence-electron chi connectivity index (χ1n) is 9.70. The molecular formula is C21H23N3O7S. The van der Waals surface area contributed by atoms with Crippen molar-refractivity contribution in [3.05, 3.63) is 69.1 Å². The molecule has 0 aliphatic carbocycles. The average molecular weight is 461 g/mol. The molecule has 0 spiro atoms. The molecule has 0 unspecified atom stereocenters. The van der Waals surface area contributed by atoms with Gasteiger partial charge in [0.05, 0.1) is 25.2 Å². The SMILES string of the molecule is COc1cc(C(=O)N2CCN(S(=O)(=O)/C=C/c3ccccc3)CC2)c([N+](=O)[O-])cc1OC. The van der Waals surface area contributed by atoms with Gasteiger partial charge in [0.25, 0.3) is 11.6 Å². The molecule has 1 heterocycles. The van der Waals surface area contributed by atoms with Crippen molar-refractivity contribution in [2.24, 2.45) is 0 Å². The van der Waals surface area contributed by atoms with Crippen LogP contribution in [0.1, 0.15) is 15.9 Å². The Balaban J connectivity index is 1.74. The van der Waals surface area contributed by atoms with Crippen molar-refractivity contribution in [3.63, 3.8) is 0 Å². The van der Waals surface area contributed by atoms with Gasteiger partial charge in [-0.15, -0.1) is 0 Å². The van der Waals surface area contributed by atoms with Crippen molar-refractivity contribution in [1.29, 1.82) is 0 Å². The number of rotatable bonds is 7. The molecule has 1 fully saturated rings. The summed E-state index contributed by atoms with van der Waals surface area (Å²) in [6.45, 7) is 0.355. The van der Waals surface area contributed by atoms with Crippen LogP contribution in [0.25, 0.3) is 6.08 Å². The largest absolute Gasteiger partial charge is 0.493 e. The van der Waals surface area contributed by atoms with Crippen LogP contribution in [0.3, 0.4) is 0 Å². The summed E-state index contributed by atoms with van der Waals surface area (Å²) in [5.74, 6) is -0.250. The smallest absolute Gasteiger partial charge is 0.286 e.